The van der Waals surface area contributed by atoms with Gasteiger partial charge in [0.1, 0.15) is 5.66 Å². The molecule has 0 amide bonds. The van der Waals surface area contributed by atoms with Crippen LogP contribution in [0.25, 0.3) is 11.1 Å². The zero-order chi connectivity index (χ0) is 13.7. The summed E-state index contributed by atoms with van der Waals surface area (Å²) in [4.78, 5) is 0. The summed E-state index contributed by atoms with van der Waals surface area (Å²) in [5.41, 5.74) is 2.27. The Morgan fingerprint density at radius 2 is 1.74 bits per heavy atom. The highest BCUT2D eigenvalue weighted by molar-refractivity contribution is 7.08. The number of hydrogen-bond acceptors (Lipinski definition) is 4. The molecule has 1 aliphatic heterocycles. The van der Waals surface area contributed by atoms with Crippen LogP contribution in [0.5, 0.6) is 0 Å². The lowest BCUT2D eigenvalue weighted by Gasteiger charge is -2.32. The molecule has 0 N–H and O–H groups in total. The Morgan fingerprint density at radius 1 is 1.05 bits per heavy atom. The lowest BCUT2D eigenvalue weighted by molar-refractivity contribution is 0.00578. The van der Waals surface area contributed by atoms with Crippen molar-refractivity contribution in [2.75, 3.05) is 0 Å². The smallest absolute Gasteiger partial charge is 0.472 e. The Bertz CT molecular complexity index is 555. The first-order valence-electron chi connectivity index (χ1n) is 6.36. The maximum atomic E-state index is 5.97. The van der Waals surface area contributed by atoms with Crippen LogP contribution in [-0.4, -0.2) is 18.3 Å². The molecule has 1 aliphatic rings. The summed E-state index contributed by atoms with van der Waals surface area (Å²) in [5, 5.41) is 4.15. The van der Waals surface area contributed by atoms with Gasteiger partial charge in [-0.15, -0.1) is 0 Å². The van der Waals surface area contributed by atoms with Gasteiger partial charge in [-0.1, -0.05) is 0 Å². The summed E-state index contributed by atoms with van der Waals surface area (Å²) in [6.45, 7) is 8.15. The molecule has 0 unspecified atom stereocenters. The van der Waals surface area contributed by atoms with Crippen LogP contribution in [0.15, 0.2) is 33.6 Å². The predicted molar refractivity (Wildman–Crippen MR) is 77.7 cm³/mol. The van der Waals surface area contributed by atoms with Crippen LogP contribution in [0.1, 0.15) is 27.7 Å². The van der Waals surface area contributed by atoms with Crippen molar-refractivity contribution in [1.82, 2.24) is 0 Å². The zero-order valence-corrected chi connectivity index (χ0v) is 12.4. The highest BCUT2D eigenvalue weighted by Crippen LogP contribution is 2.36. The highest BCUT2D eigenvalue weighted by atomic mass is 32.1. The Hall–Kier alpha value is -1.04. The highest BCUT2D eigenvalue weighted by Gasteiger charge is 2.53. The second-order valence-electron chi connectivity index (χ2n) is 5.84. The molecule has 0 aliphatic carbocycles. The third-order valence-electron chi connectivity index (χ3n) is 3.96. The summed E-state index contributed by atoms with van der Waals surface area (Å²) in [6.07, 6.45) is 1.75. The van der Waals surface area contributed by atoms with Crippen molar-refractivity contribution in [1.29, 1.82) is 0 Å². The van der Waals surface area contributed by atoms with Crippen molar-refractivity contribution in [3.63, 3.8) is 0 Å². The number of furan rings is 1. The van der Waals surface area contributed by atoms with E-state index in [4.69, 9.17) is 13.7 Å². The molecule has 0 atom stereocenters. The number of hydrogen-bond donors (Lipinski definition) is 0. The molecular weight excluding hydrogens is 259 g/mol. The van der Waals surface area contributed by atoms with Gasteiger partial charge in [0.15, 0.2) is 0 Å². The van der Waals surface area contributed by atoms with Gasteiger partial charge in [0, 0.05) is 5.56 Å². The molecule has 19 heavy (non-hydrogen) atoms. The van der Waals surface area contributed by atoms with Crippen LogP contribution < -0.4 is 5.66 Å². The van der Waals surface area contributed by atoms with Gasteiger partial charge < -0.3 is 13.7 Å². The van der Waals surface area contributed by atoms with E-state index in [0.717, 1.165) is 16.8 Å². The molecule has 3 nitrogen and oxygen atoms in total. The summed E-state index contributed by atoms with van der Waals surface area (Å²) >= 11 is 1.67. The van der Waals surface area contributed by atoms with Crippen LogP contribution in [-0.2, 0) is 9.31 Å². The van der Waals surface area contributed by atoms with Crippen molar-refractivity contribution in [3.05, 3.63) is 29.2 Å². The van der Waals surface area contributed by atoms with E-state index in [1.54, 1.807) is 17.6 Å². The third kappa shape index (κ3) is 2.16. The molecule has 3 heterocycles. The minimum atomic E-state index is -0.433. The Kier molecular flexibility index (Phi) is 2.89. The van der Waals surface area contributed by atoms with Gasteiger partial charge >= 0.3 is 7.12 Å². The van der Waals surface area contributed by atoms with Gasteiger partial charge in [-0.25, -0.2) is 0 Å². The zero-order valence-electron chi connectivity index (χ0n) is 11.6. The van der Waals surface area contributed by atoms with Crippen molar-refractivity contribution >= 4 is 24.1 Å². The summed E-state index contributed by atoms with van der Waals surface area (Å²) in [7, 11) is -0.433. The second-order valence-corrected chi connectivity index (χ2v) is 6.62. The summed E-state index contributed by atoms with van der Waals surface area (Å²) < 4.78 is 17.5. The Morgan fingerprint density at radius 3 is 2.32 bits per heavy atom. The molecule has 3 rings (SSSR count). The first-order chi connectivity index (χ1) is 8.89. The van der Waals surface area contributed by atoms with Crippen LogP contribution in [0.2, 0.25) is 0 Å². The maximum absolute atomic E-state index is 5.97. The molecule has 100 valence electrons. The minimum absolute atomic E-state index is 0.340. The Labute approximate surface area is 117 Å². The molecular formula is C14H17BO3S. The van der Waals surface area contributed by atoms with E-state index >= 15 is 0 Å². The van der Waals surface area contributed by atoms with E-state index in [9.17, 15) is 0 Å². The summed E-state index contributed by atoms with van der Waals surface area (Å²) in [5.74, 6) is 0. The Balaban J connectivity index is 1.85. The van der Waals surface area contributed by atoms with Crippen LogP contribution in [0, 0.1) is 0 Å². The van der Waals surface area contributed by atoms with Crippen molar-refractivity contribution in [3.8, 4) is 11.1 Å². The van der Waals surface area contributed by atoms with Gasteiger partial charge in [0.05, 0.1) is 17.5 Å². The second kappa shape index (κ2) is 4.23. The van der Waals surface area contributed by atoms with E-state index < -0.39 is 7.12 Å². The fourth-order valence-electron chi connectivity index (χ4n) is 2.02. The SMILES string of the molecule is CC1(C)OB(c2cc(-c3ccsc3)co2)OC1(C)C. The maximum Gasteiger partial charge on any atom is 0.532 e. The van der Waals surface area contributed by atoms with Gasteiger partial charge in [-0.3, -0.25) is 0 Å². The van der Waals surface area contributed by atoms with E-state index in [0.29, 0.717) is 0 Å². The summed E-state index contributed by atoms with van der Waals surface area (Å²) in [6, 6.07) is 4.06. The molecule has 0 saturated carbocycles. The van der Waals surface area contributed by atoms with Crippen molar-refractivity contribution in [2.24, 2.45) is 0 Å². The molecule has 5 heteroatoms. The average Bonchev–Trinajstić information content (AvgIpc) is 3.00. The first-order valence-corrected chi connectivity index (χ1v) is 7.30. The van der Waals surface area contributed by atoms with Gasteiger partial charge in [0.25, 0.3) is 0 Å². The normalized spacial score (nSPS) is 20.9. The van der Waals surface area contributed by atoms with E-state index in [-0.39, 0.29) is 11.2 Å². The van der Waals surface area contributed by atoms with Gasteiger partial charge in [-0.2, -0.15) is 11.3 Å². The molecule has 0 aromatic carbocycles. The third-order valence-corrected chi connectivity index (χ3v) is 4.64. The van der Waals surface area contributed by atoms with Crippen LogP contribution in [0.4, 0.5) is 0 Å². The monoisotopic (exact) mass is 276 g/mol. The van der Waals surface area contributed by atoms with Crippen molar-refractivity contribution in [2.45, 2.75) is 38.9 Å². The molecule has 0 radical (unpaired) electrons. The van der Waals surface area contributed by atoms with Crippen LogP contribution in [0.3, 0.4) is 0 Å². The van der Waals surface area contributed by atoms with Gasteiger partial charge in [0.2, 0.25) is 0 Å². The fourth-order valence-corrected chi connectivity index (χ4v) is 2.68. The fraction of sp³-hybridized carbons (Fsp3) is 0.429. The van der Waals surface area contributed by atoms with Gasteiger partial charge in [-0.05, 0) is 56.2 Å². The molecule has 1 saturated heterocycles. The predicted octanol–water partition coefficient (Wildman–Crippen LogP) is 3.31. The largest absolute Gasteiger partial charge is 0.532 e. The molecule has 0 spiro atoms. The van der Waals surface area contributed by atoms with E-state index in [2.05, 4.69) is 16.8 Å². The first kappa shape index (κ1) is 13.0. The minimum Gasteiger partial charge on any atom is -0.472 e. The van der Waals surface area contributed by atoms with Crippen LogP contribution >= 0.6 is 11.3 Å². The van der Waals surface area contributed by atoms with Crippen molar-refractivity contribution < 1.29 is 13.7 Å². The average molecular weight is 276 g/mol. The standard InChI is InChI=1S/C14H17BO3S/c1-13(2)14(3,4)18-15(17-13)12-7-11(8-16-12)10-5-6-19-9-10/h5-9H,1-4H3. The van der Waals surface area contributed by atoms with E-state index in [1.165, 1.54) is 0 Å². The molecule has 0 bridgehead atoms. The van der Waals surface area contributed by atoms with E-state index in [1.807, 2.05) is 33.8 Å². The number of thiophene rings is 1. The quantitative estimate of drug-likeness (QED) is 0.789. The molecule has 2 aromatic rings. The molecule has 1 fully saturated rings. The number of rotatable bonds is 2. The topological polar surface area (TPSA) is 31.6 Å². The molecule has 2 aromatic heterocycles. The lowest BCUT2D eigenvalue weighted by Crippen LogP contribution is -2.41. The lowest BCUT2D eigenvalue weighted by atomic mass is 9.86.